The first-order chi connectivity index (χ1) is 18.1. The minimum atomic E-state index is -4.83. The molecule has 0 amide bonds. The van der Waals surface area contributed by atoms with Crippen molar-refractivity contribution in [3.63, 3.8) is 0 Å². The maximum absolute atomic E-state index is 13.3. The van der Waals surface area contributed by atoms with Gasteiger partial charge in [0.25, 0.3) is 11.6 Å². The molecule has 11 nitrogen and oxygen atoms in total. The second-order valence-electron chi connectivity index (χ2n) is 8.11. The lowest BCUT2D eigenvalue weighted by Gasteiger charge is -2.12. The third-order valence-corrected chi connectivity index (χ3v) is 6.22. The van der Waals surface area contributed by atoms with Crippen LogP contribution in [0.2, 0.25) is 0 Å². The van der Waals surface area contributed by atoms with Crippen molar-refractivity contribution < 1.29 is 32.5 Å². The van der Waals surface area contributed by atoms with E-state index in [0.717, 1.165) is 21.6 Å². The summed E-state index contributed by atoms with van der Waals surface area (Å²) in [7, 11) is 1.48. The van der Waals surface area contributed by atoms with Crippen molar-refractivity contribution in [1.82, 2.24) is 23.7 Å². The highest BCUT2D eigenvalue weighted by molar-refractivity contribution is 7.11. The van der Waals surface area contributed by atoms with Gasteiger partial charge in [-0.25, -0.2) is 9.78 Å². The van der Waals surface area contributed by atoms with Gasteiger partial charge in [-0.05, 0) is 25.5 Å². The summed E-state index contributed by atoms with van der Waals surface area (Å²) in [4.78, 5) is 35.7. The van der Waals surface area contributed by atoms with Crippen molar-refractivity contribution in [2.75, 3.05) is 19.8 Å². The Morgan fingerprint density at radius 3 is 2.53 bits per heavy atom. The molecule has 4 rings (SSSR count). The molecule has 0 saturated carbocycles. The maximum atomic E-state index is 13.3. The topological polar surface area (TPSA) is 123 Å². The largest absolute Gasteiger partial charge is 0.573 e. The molecule has 0 unspecified atom stereocenters. The molecule has 1 N–H and O–H groups in total. The van der Waals surface area contributed by atoms with Gasteiger partial charge in [-0.1, -0.05) is 6.07 Å². The molecule has 0 aliphatic carbocycles. The molecular weight excluding hydrogens is 531 g/mol. The fourth-order valence-electron chi connectivity index (χ4n) is 3.70. The van der Waals surface area contributed by atoms with Gasteiger partial charge < -0.3 is 19.3 Å². The quantitative estimate of drug-likeness (QED) is 0.280. The normalized spacial score (nSPS) is 11.7. The predicted molar refractivity (Wildman–Crippen MR) is 131 cm³/mol. The first kappa shape index (κ1) is 27.2. The van der Waals surface area contributed by atoms with Crippen molar-refractivity contribution >= 4 is 22.5 Å². The van der Waals surface area contributed by atoms with E-state index >= 15 is 0 Å². The maximum Gasteiger partial charge on any atom is 0.573 e. The Labute approximate surface area is 217 Å². The molecule has 0 aliphatic rings. The number of alkyl halides is 3. The highest BCUT2D eigenvalue weighted by Crippen LogP contribution is 2.26. The van der Waals surface area contributed by atoms with Crippen LogP contribution in [-0.2, 0) is 20.1 Å². The average Bonchev–Trinajstić information content (AvgIpc) is 3.43. The Bertz CT molecular complexity index is 1540. The number of aromatic nitrogens is 5. The standard InChI is InChI=1S/C23H24F3N5O6S/c1-14-12-27-17(38-14)13-31-18-19(29(2)22(34)30(20(18)33)7-4-8-32)28-21(31)36-10-9-35-15-5-3-6-16(11-15)37-23(24,25)26/h3,5-6,11-12,32H,4,7-10,13H2,1-2H3. The first-order valence-electron chi connectivity index (χ1n) is 11.4. The summed E-state index contributed by atoms with van der Waals surface area (Å²) in [6.07, 6.45) is -2.91. The number of benzene rings is 1. The Kier molecular flexibility index (Phi) is 8.06. The van der Waals surface area contributed by atoms with Gasteiger partial charge in [-0.2, -0.15) is 4.98 Å². The molecule has 3 aromatic heterocycles. The van der Waals surface area contributed by atoms with Crippen molar-refractivity contribution in [2.45, 2.75) is 32.8 Å². The molecule has 15 heteroatoms. The van der Waals surface area contributed by atoms with Crippen LogP contribution >= 0.6 is 11.3 Å². The Balaban J connectivity index is 1.60. The van der Waals surface area contributed by atoms with Crippen molar-refractivity contribution in [3.05, 3.63) is 61.2 Å². The lowest BCUT2D eigenvalue weighted by molar-refractivity contribution is -0.274. The highest BCUT2D eigenvalue weighted by atomic mass is 32.1. The molecule has 0 bridgehead atoms. The molecule has 38 heavy (non-hydrogen) atoms. The van der Waals surface area contributed by atoms with Crippen LogP contribution in [0.25, 0.3) is 11.2 Å². The zero-order valence-electron chi connectivity index (χ0n) is 20.4. The van der Waals surface area contributed by atoms with Crippen LogP contribution < -0.4 is 25.5 Å². The fraction of sp³-hybridized carbons (Fsp3) is 0.391. The molecular formula is C23H24F3N5O6S. The monoisotopic (exact) mass is 555 g/mol. The summed E-state index contributed by atoms with van der Waals surface area (Å²) in [5.41, 5.74) is -0.918. The minimum Gasteiger partial charge on any atom is -0.490 e. The predicted octanol–water partition coefficient (Wildman–Crippen LogP) is 2.45. The smallest absolute Gasteiger partial charge is 0.490 e. The number of aliphatic hydroxyl groups excluding tert-OH is 1. The number of halogens is 3. The number of aryl methyl sites for hydroxylation is 2. The Morgan fingerprint density at radius 1 is 1.11 bits per heavy atom. The van der Waals surface area contributed by atoms with Crippen LogP contribution in [0.15, 0.2) is 40.1 Å². The number of imidazole rings is 1. The molecule has 0 atom stereocenters. The zero-order valence-corrected chi connectivity index (χ0v) is 21.2. The number of rotatable bonds is 11. The Hall–Kier alpha value is -3.85. The van der Waals surface area contributed by atoms with Gasteiger partial charge in [0.15, 0.2) is 11.2 Å². The molecule has 0 radical (unpaired) electrons. The molecule has 0 fully saturated rings. The van der Waals surface area contributed by atoms with E-state index in [1.54, 1.807) is 6.20 Å². The van der Waals surface area contributed by atoms with E-state index < -0.39 is 23.4 Å². The first-order valence-corrected chi connectivity index (χ1v) is 12.2. The van der Waals surface area contributed by atoms with E-state index in [4.69, 9.17) is 9.47 Å². The highest BCUT2D eigenvalue weighted by Gasteiger charge is 2.31. The molecule has 0 saturated heterocycles. The van der Waals surface area contributed by atoms with Crippen molar-refractivity contribution in [1.29, 1.82) is 0 Å². The van der Waals surface area contributed by atoms with Gasteiger partial charge in [0.2, 0.25) is 0 Å². The van der Waals surface area contributed by atoms with Crippen LogP contribution in [0, 0.1) is 6.92 Å². The summed E-state index contributed by atoms with van der Waals surface area (Å²) in [5.74, 6) is -0.286. The summed E-state index contributed by atoms with van der Waals surface area (Å²) in [6.45, 7) is 1.75. The zero-order chi connectivity index (χ0) is 27.4. The lowest BCUT2D eigenvalue weighted by atomic mass is 10.3. The second-order valence-corrected chi connectivity index (χ2v) is 9.43. The van der Waals surface area contributed by atoms with E-state index in [1.165, 1.54) is 39.7 Å². The van der Waals surface area contributed by atoms with E-state index in [9.17, 15) is 27.9 Å². The minimum absolute atomic E-state index is 0.0284. The van der Waals surface area contributed by atoms with Gasteiger partial charge in [-0.15, -0.1) is 24.5 Å². The third-order valence-electron chi connectivity index (χ3n) is 5.32. The van der Waals surface area contributed by atoms with Crippen LogP contribution in [0.5, 0.6) is 17.5 Å². The van der Waals surface area contributed by atoms with Gasteiger partial charge >= 0.3 is 12.1 Å². The van der Waals surface area contributed by atoms with Gasteiger partial charge in [0.05, 0.1) is 6.54 Å². The van der Waals surface area contributed by atoms with Gasteiger partial charge in [-0.3, -0.25) is 18.5 Å². The van der Waals surface area contributed by atoms with E-state index in [-0.39, 0.29) is 62.3 Å². The summed E-state index contributed by atoms with van der Waals surface area (Å²) in [5, 5.41) is 9.86. The number of hydrogen-bond donors (Lipinski definition) is 1. The number of hydrogen-bond acceptors (Lipinski definition) is 9. The summed E-state index contributed by atoms with van der Waals surface area (Å²) < 4.78 is 56.3. The fourth-order valence-corrected chi connectivity index (χ4v) is 4.47. The molecule has 1 aromatic carbocycles. The van der Waals surface area contributed by atoms with Gasteiger partial charge in [0, 0.05) is 37.3 Å². The van der Waals surface area contributed by atoms with Gasteiger partial charge in [0.1, 0.15) is 29.7 Å². The summed E-state index contributed by atoms with van der Waals surface area (Å²) >= 11 is 1.42. The van der Waals surface area contributed by atoms with E-state index in [0.29, 0.717) is 5.01 Å². The Morgan fingerprint density at radius 2 is 1.84 bits per heavy atom. The van der Waals surface area contributed by atoms with Crippen molar-refractivity contribution in [2.24, 2.45) is 7.05 Å². The number of aliphatic hydroxyl groups is 1. The molecule has 204 valence electrons. The van der Waals surface area contributed by atoms with E-state index in [2.05, 4.69) is 14.7 Å². The van der Waals surface area contributed by atoms with Crippen LogP contribution in [-0.4, -0.2) is 55.0 Å². The van der Waals surface area contributed by atoms with Crippen LogP contribution in [0.3, 0.4) is 0 Å². The molecule has 3 heterocycles. The third kappa shape index (κ3) is 6.16. The van der Waals surface area contributed by atoms with Crippen LogP contribution in [0.1, 0.15) is 16.3 Å². The number of thiazole rings is 1. The second kappa shape index (κ2) is 11.3. The van der Waals surface area contributed by atoms with Crippen molar-refractivity contribution in [3.8, 4) is 17.5 Å². The number of nitrogens with zero attached hydrogens (tertiary/aromatic N) is 5. The molecule has 0 aliphatic heterocycles. The number of fused-ring (bicyclic) bond motifs is 1. The number of ether oxygens (including phenoxy) is 3. The lowest BCUT2D eigenvalue weighted by Crippen LogP contribution is -2.39. The molecule has 4 aromatic rings. The average molecular weight is 556 g/mol. The summed E-state index contributed by atoms with van der Waals surface area (Å²) in [6, 6.07) is 5.11. The molecule has 0 spiro atoms. The SMILES string of the molecule is Cc1cnc(Cn2c(OCCOc3cccc(OC(F)(F)F)c3)nc3c2c(=O)n(CCCO)c(=O)n3C)s1. The van der Waals surface area contributed by atoms with Crippen LogP contribution in [0.4, 0.5) is 13.2 Å². The van der Waals surface area contributed by atoms with E-state index in [1.807, 2.05) is 6.92 Å².